The Kier molecular flexibility index (Phi) is 5.87. The van der Waals surface area contributed by atoms with E-state index in [1.165, 1.54) is 6.26 Å². The maximum absolute atomic E-state index is 11.8. The molecule has 0 saturated heterocycles. The number of benzene rings is 1. The maximum Gasteiger partial charge on any atom is 0.150 e. The lowest BCUT2D eigenvalue weighted by Gasteiger charge is -2.34. The van der Waals surface area contributed by atoms with E-state index in [9.17, 15) is 8.42 Å². The summed E-state index contributed by atoms with van der Waals surface area (Å²) in [7, 11) is -2.99. The minimum absolute atomic E-state index is 0.0542. The molecule has 118 valence electrons. The van der Waals surface area contributed by atoms with Gasteiger partial charge in [-0.15, -0.1) is 0 Å². The third-order valence-corrected chi connectivity index (χ3v) is 7.07. The molecule has 7 heteroatoms. The summed E-state index contributed by atoms with van der Waals surface area (Å²) in [6, 6.07) is 5.90. The molecule has 0 heterocycles. The summed E-state index contributed by atoms with van der Waals surface area (Å²) in [5.74, 6) is 5.99. The average molecular weight is 440 g/mol. The van der Waals surface area contributed by atoms with Gasteiger partial charge in [-0.3, -0.25) is 11.3 Å². The van der Waals surface area contributed by atoms with Gasteiger partial charge in [0, 0.05) is 21.2 Å². The van der Waals surface area contributed by atoms with Crippen LogP contribution in [0.1, 0.15) is 37.3 Å². The number of hydrogen-bond donors (Lipinski definition) is 2. The molecule has 4 nitrogen and oxygen atoms in total. The van der Waals surface area contributed by atoms with E-state index in [1.807, 2.05) is 18.2 Å². The van der Waals surface area contributed by atoms with E-state index in [-0.39, 0.29) is 17.2 Å². The van der Waals surface area contributed by atoms with Crippen LogP contribution in [-0.4, -0.2) is 19.9 Å². The Morgan fingerprint density at radius 2 is 2.05 bits per heavy atom. The molecule has 0 spiro atoms. The molecule has 0 aliphatic heterocycles. The molecule has 1 aromatic rings. The Labute approximate surface area is 143 Å². The third kappa shape index (κ3) is 4.28. The van der Waals surface area contributed by atoms with Crippen LogP contribution in [0.2, 0.25) is 0 Å². The topological polar surface area (TPSA) is 72.2 Å². The van der Waals surface area contributed by atoms with Crippen LogP contribution in [0.3, 0.4) is 0 Å². The van der Waals surface area contributed by atoms with Gasteiger partial charge in [-0.05, 0) is 48.9 Å². The Hall–Kier alpha value is 0.0500. The second-order valence-corrected chi connectivity index (χ2v) is 9.78. The average Bonchev–Trinajstić information content (AvgIpc) is 2.43. The van der Waals surface area contributed by atoms with Crippen LogP contribution in [0.5, 0.6) is 0 Å². The molecule has 1 aliphatic carbocycles. The maximum atomic E-state index is 11.8. The fraction of sp³-hybridized carbons (Fsp3) is 0.571. The van der Waals surface area contributed by atoms with E-state index in [2.05, 4.69) is 37.3 Å². The van der Waals surface area contributed by atoms with Crippen molar-refractivity contribution in [2.24, 2.45) is 11.8 Å². The van der Waals surface area contributed by atoms with Gasteiger partial charge in [0.25, 0.3) is 0 Å². The van der Waals surface area contributed by atoms with Crippen LogP contribution >= 0.6 is 31.9 Å². The van der Waals surface area contributed by atoms with Gasteiger partial charge in [-0.1, -0.05) is 38.3 Å². The lowest BCUT2D eigenvalue weighted by molar-refractivity contribution is 0.274. The van der Waals surface area contributed by atoms with Gasteiger partial charge in [0.1, 0.15) is 9.84 Å². The van der Waals surface area contributed by atoms with Gasteiger partial charge in [-0.25, -0.2) is 8.42 Å². The van der Waals surface area contributed by atoms with Crippen LogP contribution in [0.15, 0.2) is 27.1 Å². The van der Waals surface area contributed by atoms with Crippen molar-refractivity contribution in [2.45, 2.75) is 37.0 Å². The number of halogens is 2. The van der Waals surface area contributed by atoms with Crippen molar-refractivity contribution in [1.29, 1.82) is 0 Å². The molecule has 1 aliphatic rings. The Morgan fingerprint density at radius 1 is 1.33 bits per heavy atom. The summed E-state index contributed by atoms with van der Waals surface area (Å²) >= 11 is 7.03. The number of nitrogens with two attached hydrogens (primary N) is 1. The van der Waals surface area contributed by atoms with E-state index in [1.54, 1.807) is 0 Å². The van der Waals surface area contributed by atoms with E-state index in [0.29, 0.717) is 6.42 Å². The molecule has 3 atom stereocenters. The molecule has 0 radical (unpaired) electrons. The van der Waals surface area contributed by atoms with Gasteiger partial charge in [0.2, 0.25) is 0 Å². The number of hydrazine groups is 1. The molecule has 0 amide bonds. The van der Waals surface area contributed by atoms with Gasteiger partial charge < -0.3 is 0 Å². The van der Waals surface area contributed by atoms with Crippen molar-refractivity contribution in [1.82, 2.24) is 5.43 Å². The van der Waals surface area contributed by atoms with Crippen molar-refractivity contribution in [3.05, 3.63) is 32.7 Å². The first-order valence-corrected chi connectivity index (χ1v) is 10.5. The lowest BCUT2D eigenvalue weighted by Crippen LogP contribution is -2.38. The monoisotopic (exact) mass is 438 g/mol. The molecule has 0 bridgehead atoms. The second-order valence-electron chi connectivity index (χ2n) is 5.69. The van der Waals surface area contributed by atoms with Crippen molar-refractivity contribution in [3.63, 3.8) is 0 Å². The van der Waals surface area contributed by atoms with Gasteiger partial charge in [0.15, 0.2) is 0 Å². The Bertz CT molecular complexity index is 607. The van der Waals surface area contributed by atoms with Crippen molar-refractivity contribution in [3.8, 4) is 0 Å². The van der Waals surface area contributed by atoms with E-state index >= 15 is 0 Å². The highest BCUT2D eigenvalue weighted by molar-refractivity contribution is 9.11. The number of nitrogens with one attached hydrogen (secondary N) is 1. The molecular formula is C14H20Br2N2O2S. The zero-order chi connectivity index (χ0) is 15.6. The van der Waals surface area contributed by atoms with E-state index in [4.69, 9.17) is 5.84 Å². The smallest absolute Gasteiger partial charge is 0.150 e. The first-order chi connectivity index (χ1) is 9.82. The minimum atomic E-state index is -2.99. The van der Waals surface area contributed by atoms with Gasteiger partial charge in [0.05, 0.1) is 5.25 Å². The summed E-state index contributed by atoms with van der Waals surface area (Å²) in [6.45, 7) is 0. The fourth-order valence-corrected chi connectivity index (χ4v) is 5.17. The summed E-state index contributed by atoms with van der Waals surface area (Å²) in [5, 5.41) is -0.252. The third-order valence-electron chi connectivity index (χ3n) is 4.22. The highest BCUT2D eigenvalue weighted by Crippen LogP contribution is 2.39. The van der Waals surface area contributed by atoms with Crippen LogP contribution in [0.25, 0.3) is 0 Å². The largest absolute Gasteiger partial charge is 0.271 e. The quantitative estimate of drug-likeness (QED) is 0.557. The molecular weight excluding hydrogens is 420 g/mol. The SMILES string of the molecule is CS(=O)(=O)C1CCCC(C(NN)c2cc(Br)ccc2Br)C1. The number of hydrogen-bond acceptors (Lipinski definition) is 4. The molecule has 3 unspecified atom stereocenters. The van der Waals surface area contributed by atoms with Crippen LogP contribution in [0, 0.1) is 5.92 Å². The summed E-state index contributed by atoms with van der Waals surface area (Å²) in [4.78, 5) is 0. The molecule has 3 N–H and O–H groups in total. The Balaban J connectivity index is 2.27. The highest BCUT2D eigenvalue weighted by atomic mass is 79.9. The minimum Gasteiger partial charge on any atom is -0.271 e. The van der Waals surface area contributed by atoms with Crippen LogP contribution < -0.4 is 11.3 Å². The molecule has 1 aromatic carbocycles. The molecule has 2 rings (SSSR count). The van der Waals surface area contributed by atoms with Gasteiger partial charge >= 0.3 is 0 Å². The second kappa shape index (κ2) is 7.08. The van der Waals surface area contributed by atoms with Crippen LogP contribution in [-0.2, 0) is 9.84 Å². The zero-order valence-corrected chi connectivity index (χ0v) is 15.8. The molecule has 21 heavy (non-hydrogen) atoms. The van der Waals surface area contributed by atoms with E-state index in [0.717, 1.165) is 33.8 Å². The molecule has 0 aromatic heterocycles. The lowest BCUT2D eigenvalue weighted by atomic mass is 9.81. The first kappa shape index (κ1) is 17.4. The highest BCUT2D eigenvalue weighted by Gasteiger charge is 2.34. The predicted octanol–water partition coefficient (Wildman–Crippen LogP) is 3.32. The van der Waals surface area contributed by atoms with Crippen molar-refractivity contribution in [2.75, 3.05) is 6.26 Å². The standard InChI is InChI=1S/C14H20Br2N2O2S/c1-21(19,20)11-4-2-3-9(7-11)14(18-17)12-8-10(15)5-6-13(12)16/h5-6,8-9,11,14,18H,2-4,7,17H2,1H3. The Morgan fingerprint density at radius 3 is 2.67 bits per heavy atom. The number of sulfone groups is 1. The molecule has 1 fully saturated rings. The normalized spacial score (nSPS) is 24.8. The van der Waals surface area contributed by atoms with E-state index < -0.39 is 9.84 Å². The van der Waals surface area contributed by atoms with Crippen LogP contribution in [0.4, 0.5) is 0 Å². The first-order valence-electron chi connectivity index (χ1n) is 6.93. The van der Waals surface area contributed by atoms with Crippen molar-refractivity contribution < 1.29 is 8.42 Å². The predicted molar refractivity (Wildman–Crippen MR) is 92.5 cm³/mol. The van der Waals surface area contributed by atoms with Gasteiger partial charge in [-0.2, -0.15) is 0 Å². The van der Waals surface area contributed by atoms with Crippen molar-refractivity contribution >= 4 is 41.7 Å². The molecule has 1 saturated carbocycles. The fourth-order valence-electron chi connectivity index (χ4n) is 3.11. The zero-order valence-electron chi connectivity index (χ0n) is 11.9. The number of rotatable bonds is 4. The summed E-state index contributed by atoms with van der Waals surface area (Å²) < 4.78 is 25.6. The summed E-state index contributed by atoms with van der Waals surface area (Å²) in [5.41, 5.74) is 3.94. The summed E-state index contributed by atoms with van der Waals surface area (Å²) in [6.07, 6.45) is 4.66.